The summed E-state index contributed by atoms with van der Waals surface area (Å²) in [6.07, 6.45) is 0. The third kappa shape index (κ3) is 2.89. The van der Waals surface area contributed by atoms with E-state index in [1.165, 1.54) is 6.07 Å². The van der Waals surface area contributed by atoms with Crippen LogP contribution in [0.1, 0.15) is 11.1 Å². The quantitative estimate of drug-likeness (QED) is 0.675. The van der Waals surface area contributed by atoms with Gasteiger partial charge in [0.2, 0.25) is 5.75 Å². The zero-order valence-electron chi connectivity index (χ0n) is 10.5. The van der Waals surface area contributed by atoms with Crippen molar-refractivity contribution in [2.75, 3.05) is 0 Å². The molecule has 0 fully saturated rings. The number of para-hydroxylation sites is 1. The molecule has 5 nitrogen and oxygen atoms in total. The molecule has 0 saturated carbocycles. The van der Waals surface area contributed by atoms with Gasteiger partial charge in [-0.1, -0.05) is 24.3 Å². The van der Waals surface area contributed by atoms with Crippen molar-refractivity contribution < 1.29 is 9.66 Å². The highest BCUT2D eigenvalue weighted by atomic mass is 16.6. The van der Waals surface area contributed by atoms with E-state index in [9.17, 15) is 10.1 Å². The minimum Gasteiger partial charge on any atom is -0.450 e. The Bertz CT molecular complexity index is 611. The van der Waals surface area contributed by atoms with Crippen LogP contribution < -0.4 is 10.5 Å². The van der Waals surface area contributed by atoms with Crippen molar-refractivity contribution >= 4 is 5.69 Å². The topological polar surface area (TPSA) is 78.4 Å². The van der Waals surface area contributed by atoms with E-state index in [4.69, 9.17) is 10.5 Å². The highest BCUT2D eigenvalue weighted by molar-refractivity contribution is 5.53. The number of nitro groups is 1. The number of ether oxygens (including phenoxy) is 1. The lowest BCUT2D eigenvalue weighted by Gasteiger charge is -2.09. The Kier molecular flexibility index (Phi) is 3.77. The van der Waals surface area contributed by atoms with Crippen LogP contribution in [0.25, 0.3) is 0 Å². The van der Waals surface area contributed by atoms with Crippen LogP contribution in [-0.4, -0.2) is 4.92 Å². The Morgan fingerprint density at radius 3 is 2.68 bits per heavy atom. The normalized spacial score (nSPS) is 10.2. The fraction of sp³-hybridized carbons (Fsp3) is 0.143. The first kappa shape index (κ1) is 13.0. The second-order valence-electron chi connectivity index (χ2n) is 4.13. The summed E-state index contributed by atoms with van der Waals surface area (Å²) in [6.45, 7) is 2.17. The number of nitrogens with zero attached hydrogens (tertiary/aromatic N) is 1. The van der Waals surface area contributed by atoms with E-state index in [0.717, 1.165) is 5.56 Å². The van der Waals surface area contributed by atoms with Crippen LogP contribution in [-0.2, 0) is 6.54 Å². The minimum absolute atomic E-state index is 0.0434. The Morgan fingerprint density at radius 2 is 2.00 bits per heavy atom. The minimum atomic E-state index is -0.449. The molecule has 2 rings (SSSR count). The van der Waals surface area contributed by atoms with E-state index in [1.54, 1.807) is 31.2 Å². The number of rotatable bonds is 4. The summed E-state index contributed by atoms with van der Waals surface area (Å²) >= 11 is 0. The fourth-order valence-electron chi connectivity index (χ4n) is 1.77. The molecule has 0 spiro atoms. The van der Waals surface area contributed by atoms with Crippen LogP contribution in [0.3, 0.4) is 0 Å². The predicted molar refractivity (Wildman–Crippen MR) is 72.2 cm³/mol. The number of benzene rings is 2. The van der Waals surface area contributed by atoms with E-state index in [-0.39, 0.29) is 11.4 Å². The first-order valence-electron chi connectivity index (χ1n) is 5.82. The molecule has 0 bridgehead atoms. The molecule has 0 saturated heterocycles. The van der Waals surface area contributed by atoms with E-state index in [1.807, 2.05) is 12.1 Å². The summed E-state index contributed by atoms with van der Waals surface area (Å²) in [5.41, 5.74) is 7.14. The molecule has 0 aliphatic carbocycles. The van der Waals surface area contributed by atoms with E-state index < -0.39 is 4.92 Å². The largest absolute Gasteiger partial charge is 0.450 e. The maximum absolute atomic E-state index is 11.0. The highest BCUT2D eigenvalue weighted by Gasteiger charge is 2.17. The van der Waals surface area contributed by atoms with Crippen molar-refractivity contribution in [1.82, 2.24) is 0 Å². The molecule has 0 aliphatic heterocycles. The molecule has 98 valence electrons. The second-order valence-corrected chi connectivity index (χ2v) is 4.13. The first-order valence-corrected chi connectivity index (χ1v) is 5.82. The van der Waals surface area contributed by atoms with Gasteiger partial charge in [-0.25, -0.2) is 0 Å². The van der Waals surface area contributed by atoms with Gasteiger partial charge in [-0.2, -0.15) is 0 Å². The van der Waals surface area contributed by atoms with Gasteiger partial charge < -0.3 is 10.5 Å². The number of hydrogen-bond acceptors (Lipinski definition) is 4. The molecule has 0 unspecified atom stereocenters. The third-order valence-electron chi connectivity index (χ3n) is 2.74. The average molecular weight is 258 g/mol. The molecule has 2 aromatic rings. The summed E-state index contributed by atoms with van der Waals surface area (Å²) in [4.78, 5) is 10.5. The molecule has 5 heteroatoms. The predicted octanol–water partition coefficient (Wildman–Crippen LogP) is 3.15. The van der Waals surface area contributed by atoms with E-state index in [2.05, 4.69) is 0 Å². The van der Waals surface area contributed by atoms with Crippen molar-refractivity contribution in [2.24, 2.45) is 5.73 Å². The molecule has 19 heavy (non-hydrogen) atoms. The van der Waals surface area contributed by atoms with Gasteiger partial charge in [0.1, 0.15) is 5.75 Å². The van der Waals surface area contributed by atoms with Crippen LogP contribution in [0.2, 0.25) is 0 Å². The van der Waals surface area contributed by atoms with Gasteiger partial charge in [-0.3, -0.25) is 10.1 Å². The van der Waals surface area contributed by atoms with Crippen molar-refractivity contribution in [3.63, 3.8) is 0 Å². The van der Waals surface area contributed by atoms with Gasteiger partial charge in [-0.15, -0.1) is 0 Å². The smallest absolute Gasteiger partial charge is 0.311 e. The Morgan fingerprint density at radius 1 is 1.26 bits per heavy atom. The van der Waals surface area contributed by atoms with E-state index in [0.29, 0.717) is 17.9 Å². The van der Waals surface area contributed by atoms with Crippen molar-refractivity contribution in [3.8, 4) is 11.5 Å². The molecule has 0 aromatic heterocycles. The van der Waals surface area contributed by atoms with Gasteiger partial charge in [0.15, 0.2) is 0 Å². The second kappa shape index (κ2) is 5.49. The lowest BCUT2D eigenvalue weighted by Crippen LogP contribution is -1.98. The zero-order chi connectivity index (χ0) is 13.8. The van der Waals surface area contributed by atoms with Crippen molar-refractivity contribution in [3.05, 3.63) is 63.7 Å². The van der Waals surface area contributed by atoms with Crippen molar-refractivity contribution in [1.29, 1.82) is 0 Å². The average Bonchev–Trinajstić information content (AvgIpc) is 2.41. The molecule has 2 aromatic carbocycles. The number of aryl methyl sites for hydroxylation is 1. The summed E-state index contributed by atoms with van der Waals surface area (Å²) in [7, 11) is 0. The Labute approximate surface area is 110 Å². The van der Waals surface area contributed by atoms with Gasteiger partial charge in [0.25, 0.3) is 0 Å². The van der Waals surface area contributed by atoms with Crippen molar-refractivity contribution in [2.45, 2.75) is 13.5 Å². The number of hydrogen-bond donors (Lipinski definition) is 1. The monoisotopic (exact) mass is 258 g/mol. The zero-order valence-corrected chi connectivity index (χ0v) is 10.5. The van der Waals surface area contributed by atoms with Crippen LogP contribution >= 0.6 is 0 Å². The van der Waals surface area contributed by atoms with Crippen LogP contribution in [0.4, 0.5) is 5.69 Å². The third-order valence-corrected chi connectivity index (χ3v) is 2.74. The summed E-state index contributed by atoms with van der Waals surface area (Å²) < 4.78 is 5.65. The van der Waals surface area contributed by atoms with Gasteiger partial charge in [0, 0.05) is 12.6 Å². The fourth-order valence-corrected chi connectivity index (χ4v) is 1.77. The SMILES string of the molecule is Cc1cccc([N+](=O)[O-])c1Oc1cccc(CN)c1. The molecular weight excluding hydrogens is 244 g/mol. The molecule has 0 heterocycles. The Balaban J connectivity index is 2.40. The van der Waals surface area contributed by atoms with Gasteiger partial charge >= 0.3 is 5.69 Å². The molecule has 0 atom stereocenters. The van der Waals surface area contributed by atoms with Crippen LogP contribution in [0.15, 0.2) is 42.5 Å². The maximum atomic E-state index is 11.0. The summed E-state index contributed by atoms with van der Waals surface area (Å²) in [5, 5.41) is 11.0. The van der Waals surface area contributed by atoms with Gasteiger partial charge in [-0.05, 0) is 30.2 Å². The van der Waals surface area contributed by atoms with E-state index >= 15 is 0 Å². The van der Waals surface area contributed by atoms with Crippen LogP contribution in [0.5, 0.6) is 11.5 Å². The Hall–Kier alpha value is -2.40. The molecular formula is C14H14N2O3. The molecule has 2 N–H and O–H groups in total. The first-order chi connectivity index (χ1) is 9.11. The summed E-state index contributed by atoms with van der Waals surface area (Å²) in [5.74, 6) is 0.807. The van der Waals surface area contributed by atoms with Gasteiger partial charge in [0.05, 0.1) is 4.92 Å². The molecule has 0 radical (unpaired) electrons. The van der Waals surface area contributed by atoms with Crippen LogP contribution in [0, 0.1) is 17.0 Å². The number of nitro benzene ring substituents is 1. The maximum Gasteiger partial charge on any atom is 0.311 e. The molecule has 0 amide bonds. The number of nitrogens with two attached hydrogens (primary N) is 1. The standard InChI is InChI=1S/C14H14N2O3/c1-10-4-2-7-13(16(17)18)14(10)19-12-6-3-5-11(8-12)9-15/h2-8H,9,15H2,1H3. The lowest BCUT2D eigenvalue weighted by molar-refractivity contribution is -0.385. The summed E-state index contributed by atoms with van der Waals surface area (Å²) in [6, 6.07) is 12.0. The molecule has 0 aliphatic rings. The highest BCUT2D eigenvalue weighted by Crippen LogP contribution is 2.34. The lowest BCUT2D eigenvalue weighted by atomic mass is 10.2.